The minimum Gasteiger partial charge on any atom is -0.469 e. The third-order valence-corrected chi connectivity index (χ3v) is 5.75. The molecular formula is C18H21Cl2N3O3. The van der Waals surface area contributed by atoms with Gasteiger partial charge >= 0.3 is 5.97 Å². The van der Waals surface area contributed by atoms with Gasteiger partial charge in [0.25, 0.3) is 5.91 Å². The van der Waals surface area contributed by atoms with Gasteiger partial charge in [-0.05, 0) is 31.2 Å². The molecule has 6 nitrogen and oxygen atoms in total. The Morgan fingerprint density at radius 1 is 1.38 bits per heavy atom. The second kappa shape index (κ2) is 7.86. The van der Waals surface area contributed by atoms with Gasteiger partial charge in [-0.25, -0.2) is 0 Å². The lowest BCUT2D eigenvalue weighted by atomic mass is 9.90. The molecule has 26 heavy (non-hydrogen) atoms. The van der Waals surface area contributed by atoms with Crippen molar-refractivity contribution >= 4 is 46.0 Å². The predicted octanol–water partition coefficient (Wildman–Crippen LogP) is 2.76. The van der Waals surface area contributed by atoms with Crippen LogP contribution in [0.2, 0.25) is 10.0 Å². The van der Waals surface area contributed by atoms with E-state index in [4.69, 9.17) is 27.9 Å². The SMILES string of the molecule is COC(=O)CC1CNCCC1NC(=O)c1cc2c(Cl)c(Cl)ccc2n1C. The number of fused-ring (bicyclic) bond motifs is 1. The number of nitrogens with zero attached hydrogens (tertiary/aromatic N) is 1. The Kier molecular flexibility index (Phi) is 5.75. The maximum atomic E-state index is 12.9. The fourth-order valence-corrected chi connectivity index (χ4v) is 3.81. The third-order valence-electron chi connectivity index (χ3n) is 4.93. The van der Waals surface area contributed by atoms with Crippen molar-refractivity contribution in [3.63, 3.8) is 0 Å². The van der Waals surface area contributed by atoms with Crippen LogP contribution in [0.1, 0.15) is 23.3 Å². The first kappa shape index (κ1) is 19.0. The Morgan fingerprint density at radius 2 is 2.15 bits per heavy atom. The molecule has 0 bridgehead atoms. The lowest BCUT2D eigenvalue weighted by Crippen LogP contribution is -2.50. The van der Waals surface area contributed by atoms with Gasteiger partial charge in [-0.2, -0.15) is 0 Å². The van der Waals surface area contributed by atoms with Crippen molar-refractivity contribution in [1.29, 1.82) is 0 Å². The van der Waals surface area contributed by atoms with Crippen molar-refractivity contribution in [3.8, 4) is 0 Å². The molecule has 8 heteroatoms. The van der Waals surface area contributed by atoms with Crippen molar-refractivity contribution in [2.24, 2.45) is 13.0 Å². The molecule has 0 radical (unpaired) electrons. The fraction of sp³-hybridized carbons (Fsp3) is 0.444. The molecule has 1 aromatic heterocycles. The molecule has 2 aromatic rings. The number of hydrogen-bond acceptors (Lipinski definition) is 4. The van der Waals surface area contributed by atoms with Crippen LogP contribution in [0.15, 0.2) is 18.2 Å². The van der Waals surface area contributed by atoms with E-state index in [-0.39, 0.29) is 30.3 Å². The van der Waals surface area contributed by atoms with Crippen LogP contribution in [0, 0.1) is 5.92 Å². The normalized spacial score (nSPS) is 20.2. The number of nitrogens with one attached hydrogen (secondary N) is 2. The Labute approximate surface area is 161 Å². The summed E-state index contributed by atoms with van der Waals surface area (Å²) in [5.41, 5.74) is 1.33. The van der Waals surface area contributed by atoms with E-state index in [1.165, 1.54) is 7.11 Å². The van der Waals surface area contributed by atoms with Crippen molar-refractivity contribution in [3.05, 3.63) is 33.9 Å². The minimum absolute atomic E-state index is 0.00660. The molecule has 1 amide bonds. The lowest BCUT2D eigenvalue weighted by Gasteiger charge is -2.32. The molecule has 1 aromatic carbocycles. The number of hydrogen-bond donors (Lipinski definition) is 2. The van der Waals surface area contributed by atoms with Crippen LogP contribution in [-0.4, -0.2) is 42.7 Å². The van der Waals surface area contributed by atoms with Crippen LogP contribution in [-0.2, 0) is 16.6 Å². The monoisotopic (exact) mass is 397 g/mol. The second-order valence-electron chi connectivity index (χ2n) is 6.50. The second-order valence-corrected chi connectivity index (χ2v) is 7.28. The van der Waals surface area contributed by atoms with Crippen LogP contribution in [0.25, 0.3) is 10.9 Å². The van der Waals surface area contributed by atoms with Crippen LogP contribution < -0.4 is 10.6 Å². The summed E-state index contributed by atoms with van der Waals surface area (Å²) < 4.78 is 6.56. The lowest BCUT2D eigenvalue weighted by molar-refractivity contribution is -0.142. The number of aromatic nitrogens is 1. The van der Waals surface area contributed by atoms with E-state index >= 15 is 0 Å². The van der Waals surface area contributed by atoms with Gasteiger partial charge in [0.2, 0.25) is 0 Å². The minimum atomic E-state index is -0.274. The zero-order chi connectivity index (χ0) is 18.8. The van der Waals surface area contributed by atoms with Gasteiger partial charge < -0.3 is 19.9 Å². The van der Waals surface area contributed by atoms with Crippen LogP contribution in [0.3, 0.4) is 0 Å². The van der Waals surface area contributed by atoms with E-state index in [9.17, 15) is 9.59 Å². The van der Waals surface area contributed by atoms with Crippen LogP contribution >= 0.6 is 23.2 Å². The first-order valence-corrected chi connectivity index (χ1v) is 9.19. The molecule has 0 saturated carbocycles. The summed E-state index contributed by atoms with van der Waals surface area (Å²) >= 11 is 12.3. The zero-order valence-corrected chi connectivity index (χ0v) is 16.2. The number of carbonyl (C=O) groups excluding carboxylic acids is 2. The number of rotatable bonds is 4. The van der Waals surface area contributed by atoms with Gasteiger partial charge in [0.1, 0.15) is 5.69 Å². The first-order valence-electron chi connectivity index (χ1n) is 8.44. The fourth-order valence-electron chi connectivity index (χ4n) is 3.43. The topological polar surface area (TPSA) is 72.4 Å². The molecule has 1 saturated heterocycles. The number of esters is 1. The van der Waals surface area contributed by atoms with Crippen LogP contribution in [0.4, 0.5) is 0 Å². The van der Waals surface area contributed by atoms with E-state index in [1.807, 2.05) is 13.1 Å². The Balaban J connectivity index is 1.82. The molecule has 3 rings (SSSR count). The van der Waals surface area contributed by atoms with Crippen molar-refractivity contribution in [2.75, 3.05) is 20.2 Å². The van der Waals surface area contributed by atoms with Gasteiger partial charge in [-0.15, -0.1) is 0 Å². The van der Waals surface area contributed by atoms with Crippen molar-refractivity contribution in [1.82, 2.24) is 15.2 Å². The highest BCUT2D eigenvalue weighted by Gasteiger charge is 2.29. The Bertz CT molecular complexity index is 850. The number of benzene rings is 1. The highest BCUT2D eigenvalue weighted by Crippen LogP contribution is 2.32. The average Bonchev–Trinajstić information content (AvgIpc) is 2.97. The average molecular weight is 398 g/mol. The maximum absolute atomic E-state index is 12.9. The molecule has 0 aliphatic carbocycles. The van der Waals surface area contributed by atoms with Crippen molar-refractivity contribution < 1.29 is 14.3 Å². The number of ether oxygens (including phenoxy) is 1. The summed E-state index contributed by atoms with van der Waals surface area (Å²) in [5.74, 6) is -0.477. The third kappa shape index (κ3) is 3.68. The molecule has 2 atom stereocenters. The molecule has 2 N–H and O–H groups in total. The maximum Gasteiger partial charge on any atom is 0.305 e. The summed E-state index contributed by atoms with van der Waals surface area (Å²) in [5, 5.41) is 7.95. The summed E-state index contributed by atoms with van der Waals surface area (Å²) in [6, 6.07) is 5.20. The number of halogens is 2. The van der Waals surface area contributed by atoms with E-state index in [0.29, 0.717) is 22.3 Å². The quantitative estimate of drug-likeness (QED) is 0.777. The summed E-state index contributed by atoms with van der Waals surface area (Å²) in [6.45, 7) is 1.45. The molecule has 1 fully saturated rings. The van der Waals surface area contributed by atoms with Crippen LogP contribution in [0.5, 0.6) is 0 Å². The standard InChI is InChI=1S/C18H21Cl2N3O3/c1-23-14-4-3-12(19)17(20)11(14)8-15(23)18(25)22-13-5-6-21-9-10(13)7-16(24)26-2/h3-4,8,10,13,21H,5-7,9H2,1-2H3,(H,22,25). The number of amides is 1. The summed E-state index contributed by atoms with van der Waals surface area (Å²) in [7, 11) is 3.19. The molecular weight excluding hydrogens is 377 g/mol. The molecule has 0 spiro atoms. The van der Waals surface area contributed by atoms with E-state index in [2.05, 4.69) is 10.6 Å². The number of carbonyl (C=O) groups is 2. The largest absolute Gasteiger partial charge is 0.469 e. The summed E-state index contributed by atoms with van der Waals surface area (Å²) in [4.78, 5) is 24.5. The number of methoxy groups -OCH3 is 1. The van der Waals surface area contributed by atoms with Gasteiger partial charge in [0.05, 0.1) is 23.6 Å². The highest BCUT2D eigenvalue weighted by atomic mass is 35.5. The van der Waals surface area contributed by atoms with Gasteiger partial charge in [0, 0.05) is 36.5 Å². The van der Waals surface area contributed by atoms with Gasteiger partial charge in [-0.3, -0.25) is 9.59 Å². The predicted molar refractivity (Wildman–Crippen MR) is 102 cm³/mol. The van der Waals surface area contributed by atoms with Gasteiger partial charge in [0.15, 0.2) is 0 Å². The first-order chi connectivity index (χ1) is 12.4. The smallest absolute Gasteiger partial charge is 0.305 e. The molecule has 2 heterocycles. The van der Waals surface area contributed by atoms with Gasteiger partial charge in [-0.1, -0.05) is 23.2 Å². The van der Waals surface area contributed by atoms with E-state index in [0.717, 1.165) is 23.9 Å². The Hall–Kier alpha value is -1.76. The van der Waals surface area contributed by atoms with E-state index < -0.39 is 0 Å². The molecule has 1 aliphatic rings. The molecule has 2 unspecified atom stereocenters. The zero-order valence-electron chi connectivity index (χ0n) is 14.6. The molecule has 1 aliphatic heterocycles. The molecule has 140 valence electrons. The van der Waals surface area contributed by atoms with E-state index in [1.54, 1.807) is 16.7 Å². The highest BCUT2D eigenvalue weighted by molar-refractivity contribution is 6.45. The number of aryl methyl sites for hydroxylation is 1. The number of piperidine rings is 1. The van der Waals surface area contributed by atoms with Crippen molar-refractivity contribution in [2.45, 2.75) is 18.9 Å². The Morgan fingerprint density at radius 3 is 2.88 bits per heavy atom. The summed E-state index contributed by atoms with van der Waals surface area (Å²) in [6.07, 6.45) is 1.02.